The molecule has 0 bridgehead atoms. The summed E-state index contributed by atoms with van der Waals surface area (Å²) in [5.74, 6) is -5.58. The monoisotopic (exact) mass is 332 g/mol. The SMILES string of the molecule is CCC(=O)SCCC(F)C(F)(F)C(F)C(F)C(F)(F)F. The normalized spacial score (nSPS) is 17.6. The minimum Gasteiger partial charge on any atom is -0.287 e. The molecule has 0 aromatic carbocycles. The molecule has 0 saturated heterocycles. The zero-order valence-electron chi connectivity index (χ0n) is 10.2. The van der Waals surface area contributed by atoms with Crippen molar-refractivity contribution >= 4 is 16.9 Å². The second kappa shape index (κ2) is 7.46. The molecule has 0 aromatic heterocycles. The highest BCUT2D eigenvalue weighted by atomic mass is 32.2. The van der Waals surface area contributed by atoms with Crippen molar-refractivity contribution in [2.75, 3.05) is 5.75 Å². The van der Waals surface area contributed by atoms with Crippen LogP contribution in [0.4, 0.5) is 35.1 Å². The standard InChI is InChI=1S/C10H12F8OS/c1-2-6(19)20-4-3-5(11)9(14,15)7(12)8(13)10(16,17)18/h5,7-8H,2-4H2,1H3. The number of rotatable bonds is 7. The maximum atomic E-state index is 13.1. The first-order valence-corrected chi connectivity index (χ1v) is 6.45. The molecule has 3 atom stereocenters. The highest BCUT2D eigenvalue weighted by molar-refractivity contribution is 8.13. The zero-order valence-corrected chi connectivity index (χ0v) is 11.0. The Balaban J connectivity index is 4.57. The maximum Gasteiger partial charge on any atom is 0.422 e. The molecule has 1 nitrogen and oxygen atoms in total. The van der Waals surface area contributed by atoms with Crippen molar-refractivity contribution in [3.63, 3.8) is 0 Å². The van der Waals surface area contributed by atoms with Crippen LogP contribution in [0.25, 0.3) is 0 Å². The summed E-state index contributed by atoms with van der Waals surface area (Å²) in [6, 6.07) is 0. The second-order valence-corrected chi connectivity index (χ2v) is 5.00. The third kappa shape index (κ3) is 5.45. The van der Waals surface area contributed by atoms with Gasteiger partial charge in [0.2, 0.25) is 12.3 Å². The molecule has 0 heterocycles. The van der Waals surface area contributed by atoms with E-state index in [1.165, 1.54) is 6.92 Å². The number of thioether (sulfide) groups is 1. The van der Waals surface area contributed by atoms with Gasteiger partial charge in [-0.15, -0.1) is 0 Å². The molecule has 0 aliphatic heterocycles. The van der Waals surface area contributed by atoms with Crippen molar-refractivity contribution in [2.45, 2.75) is 50.4 Å². The van der Waals surface area contributed by atoms with Gasteiger partial charge >= 0.3 is 12.1 Å². The molecule has 0 aromatic rings. The van der Waals surface area contributed by atoms with E-state index in [4.69, 9.17) is 0 Å². The first-order valence-electron chi connectivity index (χ1n) is 5.46. The summed E-state index contributed by atoms with van der Waals surface area (Å²) in [6.07, 6.45) is -18.9. The van der Waals surface area contributed by atoms with Gasteiger partial charge in [-0.3, -0.25) is 4.79 Å². The molecule has 0 amide bonds. The van der Waals surface area contributed by atoms with Crippen LogP contribution in [0.3, 0.4) is 0 Å². The van der Waals surface area contributed by atoms with Gasteiger partial charge in [0.1, 0.15) is 0 Å². The summed E-state index contributed by atoms with van der Waals surface area (Å²) in [6.45, 7) is 1.46. The van der Waals surface area contributed by atoms with Crippen molar-refractivity contribution in [3.05, 3.63) is 0 Å². The number of hydrogen-bond donors (Lipinski definition) is 0. The Labute approximate surface area is 114 Å². The molecule has 3 unspecified atom stereocenters. The van der Waals surface area contributed by atoms with Crippen LogP contribution in [0.2, 0.25) is 0 Å². The van der Waals surface area contributed by atoms with E-state index < -0.39 is 47.9 Å². The van der Waals surface area contributed by atoms with Crippen LogP contribution in [0.15, 0.2) is 0 Å². The van der Waals surface area contributed by atoms with Crippen molar-refractivity contribution in [3.8, 4) is 0 Å². The minimum atomic E-state index is -5.84. The molecule has 20 heavy (non-hydrogen) atoms. The van der Waals surface area contributed by atoms with Crippen LogP contribution in [0.1, 0.15) is 19.8 Å². The molecule has 0 fully saturated rings. The van der Waals surface area contributed by atoms with E-state index in [1.807, 2.05) is 0 Å². The van der Waals surface area contributed by atoms with E-state index in [1.54, 1.807) is 0 Å². The Morgan fingerprint density at radius 3 is 1.95 bits per heavy atom. The molecule has 0 rings (SSSR count). The summed E-state index contributed by atoms with van der Waals surface area (Å²) in [5.41, 5.74) is 0. The fraction of sp³-hybridized carbons (Fsp3) is 0.900. The minimum absolute atomic E-state index is 0.0599. The summed E-state index contributed by atoms with van der Waals surface area (Å²) in [4.78, 5) is 10.8. The lowest BCUT2D eigenvalue weighted by molar-refractivity contribution is -0.236. The molecule has 0 spiro atoms. The number of hydrogen-bond acceptors (Lipinski definition) is 2. The highest BCUT2D eigenvalue weighted by Gasteiger charge is 2.59. The Morgan fingerprint density at radius 2 is 1.55 bits per heavy atom. The third-order valence-corrected chi connectivity index (χ3v) is 3.33. The average molecular weight is 332 g/mol. The van der Waals surface area contributed by atoms with E-state index in [-0.39, 0.29) is 6.42 Å². The molecule has 0 aliphatic rings. The van der Waals surface area contributed by atoms with E-state index in [0.717, 1.165) is 0 Å². The number of halogens is 8. The van der Waals surface area contributed by atoms with Crippen molar-refractivity contribution < 1.29 is 39.9 Å². The molecular formula is C10H12F8OS. The van der Waals surface area contributed by atoms with Crippen LogP contribution in [0.5, 0.6) is 0 Å². The summed E-state index contributed by atoms with van der Waals surface area (Å²) < 4.78 is 99.7. The Hall–Kier alpha value is -0.540. The lowest BCUT2D eigenvalue weighted by Crippen LogP contribution is -2.49. The first-order chi connectivity index (χ1) is 8.94. The molecule has 10 heteroatoms. The largest absolute Gasteiger partial charge is 0.422 e. The Kier molecular flexibility index (Phi) is 7.26. The fourth-order valence-electron chi connectivity index (χ4n) is 1.10. The van der Waals surface area contributed by atoms with Gasteiger partial charge in [-0.1, -0.05) is 18.7 Å². The predicted molar refractivity (Wildman–Crippen MR) is 58.1 cm³/mol. The van der Waals surface area contributed by atoms with Crippen molar-refractivity contribution in [2.24, 2.45) is 0 Å². The highest BCUT2D eigenvalue weighted by Crippen LogP contribution is 2.38. The van der Waals surface area contributed by atoms with E-state index in [9.17, 15) is 39.9 Å². The lowest BCUT2D eigenvalue weighted by Gasteiger charge is -2.27. The van der Waals surface area contributed by atoms with Gasteiger partial charge in [-0.2, -0.15) is 13.2 Å². The molecule has 0 radical (unpaired) electrons. The first kappa shape index (κ1) is 19.5. The quantitative estimate of drug-likeness (QED) is 0.648. The predicted octanol–water partition coefficient (Wildman–Crippen LogP) is 4.26. The number of carbonyl (C=O) groups is 1. The number of alkyl halides is 8. The average Bonchev–Trinajstić information content (AvgIpc) is 2.35. The second-order valence-electron chi connectivity index (χ2n) is 3.85. The maximum absolute atomic E-state index is 13.1. The molecule has 120 valence electrons. The Bertz CT molecular complexity index is 319. The van der Waals surface area contributed by atoms with Crippen LogP contribution < -0.4 is 0 Å². The van der Waals surface area contributed by atoms with Gasteiger partial charge in [0, 0.05) is 12.2 Å². The third-order valence-electron chi connectivity index (χ3n) is 2.28. The zero-order chi connectivity index (χ0) is 16.1. The van der Waals surface area contributed by atoms with Crippen LogP contribution in [-0.2, 0) is 4.79 Å². The Morgan fingerprint density at radius 1 is 1.05 bits per heavy atom. The van der Waals surface area contributed by atoms with Crippen LogP contribution in [-0.4, -0.2) is 41.5 Å². The van der Waals surface area contributed by atoms with Gasteiger partial charge in [-0.25, -0.2) is 22.0 Å². The summed E-state index contributed by atoms with van der Waals surface area (Å²) in [7, 11) is 0. The summed E-state index contributed by atoms with van der Waals surface area (Å²) in [5, 5.41) is -0.434. The number of carbonyl (C=O) groups excluding carboxylic acids is 1. The smallest absolute Gasteiger partial charge is 0.287 e. The molecule has 0 aliphatic carbocycles. The van der Waals surface area contributed by atoms with Crippen molar-refractivity contribution in [1.82, 2.24) is 0 Å². The lowest BCUT2D eigenvalue weighted by atomic mass is 10.0. The van der Waals surface area contributed by atoms with Crippen LogP contribution in [0, 0.1) is 0 Å². The van der Waals surface area contributed by atoms with Gasteiger partial charge in [0.25, 0.3) is 0 Å². The topological polar surface area (TPSA) is 17.1 Å². The molecule has 0 N–H and O–H groups in total. The van der Waals surface area contributed by atoms with Gasteiger partial charge in [0.15, 0.2) is 11.3 Å². The molecular weight excluding hydrogens is 320 g/mol. The molecule has 0 saturated carbocycles. The van der Waals surface area contributed by atoms with Crippen molar-refractivity contribution in [1.29, 1.82) is 0 Å². The van der Waals surface area contributed by atoms with Gasteiger partial charge in [-0.05, 0) is 6.42 Å². The van der Waals surface area contributed by atoms with Crippen LogP contribution >= 0.6 is 11.8 Å². The van der Waals surface area contributed by atoms with E-state index in [0.29, 0.717) is 11.8 Å². The summed E-state index contributed by atoms with van der Waals surface area (Å²) >= 11 is 0.496. The fourth-order valence-corrected chi connectivity index (χ4v) is 1.86. The van der Waals surface area contributed by atoms with Gasteiger partial charge < -0.3 is 0 Å². The van der Waals surface area contributed by atoms with E-state index in [2.05, 4.69) is 0 Å². The van der Waals surface area contributed by atoms with Gasteiger partial charge in [0.05, 0.1) is 0 Å². The van der Waals surface area contributed by atoms with E-state index >= 15 is 0 Å².